The first-order valence-electron chi connectivity index (χ1n) is 8.95. The van der Waals surface area contributed by atoms with E-state index >= 15 is 0 Å². The van der Waals surface area contributed by atoms with Gasteiger partial charge in [-0.2, -0.15) is 0 Å². The smallest absolute Gasteiger partial charge is 0.409 e. The van der Waals surface area contributed by atoms with E-state index in [-0.39, 0.29) is 24.6 Å². The fraction of sp³-hybridized carbons (Fsp3) is 0.500. The molecule has 0 unspecified atom stereocenters. The molecule has 0 atom stereocenters. The second kappa shape index (κ2) is 8.75. The predicted molar refractivity (Wildman–Crippen MR) is 108 cm³/mol. The highest BCUT2D eigenvalue weighted by Gasteiger charge is 2.25. The molecular weight excluding hydrogens is 388 g/mol. The third-order valence-electron chi connectivity index (χ3n) is 4.45. The van der Waals surface area contributed by atoms with Gasteiger partial charge in [-0.1, -0.05) is 29.0 Å². The Hall–Kier alpha value is -2.06. The highest BCUT2D eigenvalue weighted by atomic mass is 35.5. The Morgan fingerprint density at radius 3 is 2.81 bits per heavy atom. The van der Waals surface area contributed by atoms with E-state index < -0.39 is 0 Å². The molecule has 1 aromatic heterocycles. The molecule has 0 radical (unpaired) electrons. The molecule has 0 aliphatic carbocycles. The van der Waals surface area contributed by atoms with E-state index in [9.17, 15) is 9.59 Å². The molecule has 2 amide bonds. The number of piperidine rings is 1. The van der Waals surface area contributed by atoms with E-state index in [4.69, 9.17) is 16.3 Å². The third-order valence-corrected chi connectivity index (χ3v) is 5.89. The standard InChI is InChI=1S/C18H23ClN4O3S/c1-3-26-18(25)23-9-7-12(8-10-23)20-15(24)11-22(2)17-21-16-13(19)5-4-6-14(16)27-17/h4-6,12H,3,7-11H2,1-2H3,(H,20,24). The molecule has 9 heteroatoms. The van der Waals surface area contributed by atoms with E-state index in [2.05, 4.69) is 10.3 Å². The number of likely N-dealkylation sites (N-methyl/N-ethyl adjacent to an activating group) is 1. The third kappa shape index (κ3) is 4.81. The lowest BCUT2D eigenvalue weighted by Crippen LogP contribution is -2.48. The van der Waals surface area contributed by atoms with Crippen LogP contribution in [-0.2, 0) is 9.53 Å². The number of amides is 2. The van der Waals surface area contributed by atoms with Crippen molar-refractivity contribution in [3.8, 4) is 0 Å². The Bertz CT molecular complexity index is 820. The molecule has 0 saturated carbocycles. The monoisotopic (exact) mass is 410 g/mol. The van der Waals surface area contributed by atoms with Gasteiger partial charge in [0.2, 0.25) is 5.91 Å². The van der Waals surface area contributed by atoms with Crippen LogP contribution in [-0.4, -0.2) is 61.2 Å². The van der Waals surface area contributed by atoms with Crippen LogP contribution in [0.3, 0.4) is 0 Å². The topological polar surface area (TPSA) is 74.8 Å². The largest absolute Gasteiger partial charge is 0.450 e. The summed E-state index contributed by atoms with van der Waals surface area (Å²) in [5, 5.41) is 4.41. The zero-order valence-corrected chi connectivity index (χ0v) is 17.0. The van der Waals surface area contributed by atoms with E-state index in [1.807, 2.05) is 30.1 Å². The second-order valence-corrected chi connectivity index (χ2v) is 7.88. The number of aromatic nitrogens is 1. The number of benzene rings is 1. The van der Waals surface area contributed by atoms with Gasteiger partial charge in [-0.25, -0.2) is 9.78 Å². The molecule has 0 spiro atoms. The highest BCUT2D eigenvalue weighted by molar-refractivity contribution is 7.22. The summed E-state index contributed by atoms with van der Waals surface area (Å²) in [7, 11) is 1.84. The lowest BCUT2D eigenvalue weighted by Gasteiger charge is -2.31. The summed E-state index contributed by atoms with van der Waals surface area (Å²) in [5.41, 5.74) is 0.762. The van der Waals surface area contributed by atoms with Crippen LogP contribution in [0, 0.1) is 0 Å². The van der Waals surface area contributed by atoms with Crippen molar-refractivity contribution in [2.45, 2.75) is 25.8 Å². The number of likely N-dealkylation sites (tertiary alicyclic amines) is 1. The van der Waals surface area contributed by atoms with Gasteiger partial charge in [0.25, 0.3) is 0 Å². The molecule has 0 bridgehead atoms. The molecule has 146 valence electrons. The number of nitrogens with one attached hydrogen (secondary N) is 1. The van der Waals surface area contributed by atoms with E-state index in [1.165, 1.54) is 11.3 Å². The van der Waals surface area contributed by atoms with Crippen molar-refractivity contribution in [2.75, 3.05) is 38.2 Å². The van der Waals surface area contributed by atoms with Crippen molar-refractivity contribution in [1.82, 2.24) is 15.2 Å². The highest BCUT2D eigenvalue weighted by Crippen LogP contribution is 2.32. The number of carbonyl (C=O) groups is 2. The molecule has 3 rings (SSSR count). The van der Waals surface area contributed by atoms with Gasteiger partial charge in [0.15, 0.2) is 5.13 Å². The number of halogens is 1. The Morgan fingerprint density at radius 2 is 2.15 bits per heavy atom. The van der Waals surface area contributed by atoms with Crippen molar-refractivity contribution >= 4 is 50.3 Å². The lowest BCUT2D eigenvalue weighted by molar-refractivity contribution is -0.120. The van der Waals surface area contributed by atoms with Gasteiger partial charge in [0.05, 0.1) is 22.9 Å². The molecular formula is C18H23ClN4O3S. The van der Waals surface area contributed by atoms with Crippen molar-refractivity contribution in [3.05, 3.63) is 23.2 Å². The number of carbonyl (C=O) groups excluding carboxylic acids is 2. The quantitative estimate of drug-likeness (QED) is 0.819. The van der Waals surface area contributed by atoms with Crippen molar-refractivity contribution in [1.29, 1.82) is 0 Å². The van der Waals surface area contributed by atoms with E-state index in [0.717, 1.165) is 28.2 Å². The Balaban J connectivity index is 1.50. The molecule has 1 aliphatic rings. The SMILES string of the molecule is CCOC(=O)N1CCC(NC(=O)CN(C)c2nc3c(Cl)cccc3s2)CC1. The van der Waals surface area contributed by atoms with Gasteiger partial charge in [-0.15, -0.1) is 0 Å². The van der Waals surface area contributed by atoms with Crippen LogP contribution in [0.5, 0.6) is 0 Å². The van der Waals surface area contributed by atoms with Crippen LogP contribution >= 0.6 is 22.9 Å². The summed E-state index contributed by atoms with van der Waals surface area (Å²) in [4.78, 5) is 32.1. The van der Waals surface area contributed by atoms with Gasteiger partial charge < -0.3 is 19.9 Å². The number of hydrogen-bond donors (Lipinski definition) is 1. The summed E-state index contributed by atoms with van der Waals surface area (Å²) in [5.74, 6) is -0.0579. The summed E-state index contributed by atoms with van der Waals surface area (Å²) in [6.07, 6.45) is 1.17. The molecule has 1 aromatic carbocycles. The van der Waals surface area contributed by atoms with E-state index in [0.29, 0.717) is 24.7 Å². The summed E-state index contributed by atoms with van der Waals surface area (Å²) < 4.78 is 6.01. The zero-order chi connectivity index (χ0) is 19.4. The maximum Gasteiger partial charge on any atom is 0.409 e. The zero-order valence-electron chi connectivity index (χ0n) is 15.4. The van der Waals surface area contributed by atoms with Gasteiger partial charge in [0.1, 0.15) is 5.52 Å². The van der Waals surface area contributed by atoms with Crippen molar-refractivity contribution in [2.24, 2.45) is 0 Å². The van der Waals surface area contributed by atoms with Gasteiger partial charge >= 0.3 is 6.09 Å². The molecule has 1 fully saturated rings. The lowest BCUT2D eigenvalue weighted by atomic mass is 10.1. The number of hydrogen-bond acceptors (Lipinski definition) is 6. The number of anilines is 1. The number of rotatable bonds is 5. The maximum atomic E-state index is 12.4. The van der Waals surface area contributed by atoms with Crippen LogP contribution < -0.4 is 10.2 Å². The van der Waals surface area contributed by atoms with Crippen molar-refractivity contribution in [3.63, 3.8) is 0 Å². The average Bonchev–Trinajstić information content (AvgIpc) is 3.08. The van der Waals surface area contributed by atoms with Gasteiger partial charge in [-0.05, 0) is 31.9 Å². The van der Waals surface area contributed by atoms with Crippen LogP contribution in [0.4, 0.5) is 9.93 Å². The van der Waals surface area contributed by atoms with Crippen LogP contribution in [0.25, 0.3) is 10.2 Å². The minimum Gasteiger partial charge on any atom is -0.450 e. The van der Waals surface area contributed by atoms with Crippen LogP contribution in [0.15, 0.2) is 18.2 Å². The molecule has 2 heterocycles. The van der Waals surface area contributed by atoms with Gasteiger partial charge in [0, 0.05) is 26.2 Å². The van der Waals surface area contributed by atoms with Crippen molar-refractivity contribution < 1.29 is 14.3 Å². The van der Waals surface area contributed by atoms with Gasteiger partial charge in [-0.3, -0.25) is 4.79 Å². The summed E-state index contributed by atoms with van der Waals surface area (Å²) in [6, 6.07) is 5.74. The molecule has 1 N–H and O–H groups in total. The Kier molecular flexibility index (Phi) is 6.38. The first-order chi connectivity index (χ1) is 13.0. The molecule has 27 heavy (non-hydrogen) atoms. The number of para-hydroxylation sites is 1. The second-order valence-electron chi connectivity index (χ2n) is 6.47. The average molecular weight is 411 g/mol. The Labute approximate surface area is 167 Å². The fourth-order valence-corrected chi connectivity index (χ4v) is 4.27. The minimum atomic E-state index is -0.281. The minimum absolute atomic E-state index is 0.0579. The Morgan fingerprint density at radius 1 is 1.41 bits per heavy atom. The first kappa shape index (κ1) is 19.7. The predicted octanol–water partition coefficient (Wildman–Crippen LogP) is 3.12. The number of thiazole rings is 1. The maximum absolute atomic E-state index is 12.4. The summed E-state index contributed by atoms with van der Waals surface area (Å²) >= 11 is 7.68. The van der Waals surface area contributed by atoms with E-state index in [1.54, 1.807) is 11.8 Å². The fourth-order valence-electron chi connectivity index (χ4n) is 3.04. The molecule has 2 aromatic rings. The van der Waals surface area contributed by atoms with Crippen LogP contribution in [0.2, 0.25) is 5.02 Å². The number of nitrogens with zero attached hydrogens (tertiary/aromatic N) is 3. The first-order valence-corrected chi connectivity index (χ1v) is 10.1. The molecule has 7 nitrogen and oxygen atoms in total. The summed E-state index contributed by atoms with van der Waals surface area (Å²) in [6.45, 7) is 3.57. The molecule has 1 saturated heterocycles. The normalized spacial score (nSPS) is 15.0. The van der Waals surface area contributed by atoms with Crippen LogP contribution in [0.1, 0.15) is 19.8 Å². The molecule has 1 aliphatic heterocycles. The number of ether oxygens (including phenoxy) is 1. The number of fused-ring (bicyclic) bond motifs is 1.